The molecule has 1 N–H and O–H groups in total. The van der Waals surface area contributed by atoms with E-state index in [2.05, 4.69) is 15.4 Å². The normalized spacial score (nSPS) is 15.0. The van der Waals surface area contributed by atoms with Crippen LogP contribution in [0.1, 0.15) is 37.7 Å². The number of benzene rings is 1. The lowest BCUT2D eigenvalue weighted by molar-refractivity contribution is -0.121. The number of nitrogens with one attached hydrogen (secondary N) is 1. The minimum atomic E-state index is -0.252. The fourth-order valence-electron chi connectivity index (χ4n) is 3.90. The number of aryl methyl sites for hydroxylation is 1. The van der Waals surface area contributed by atoms with E-state index in [4.69, 9.17) is 0 Å². The molecule has 2 aromatic heterocycles. The number of amides is 1. The molecule has 7 heteroatoms. The van der Waals surface area contributed by atoms with Crippen molar-refractivity contribution in [3.05, 3.63) is 52.7 Å². The van der Waals surface area contributed by atoms with Gasteiger partial charge < -0.3 is 5.32 Å². The van der Waals surface area contributed by atoms with Crippen LogP contribution in [-0.4, -0.2) is 31.8 Å². The van der Waals surface area contributed by atoms with Crippen LogP contribution in [0, 0.1) is 12.8 Å². The maximum atomic E-state index is 12.8. The van der Waals surface area contributed by atoms with Crippen molar-refractivity contribution in [3.63, 3.8) is 0 Å². The van der Waals surface area contributed by atoms with Gasteiger partial charge in [-0.2, -0.15) is 5.10 Å². The molecule has 0 unspecified atom stereocenters. The van der Waals surface area contributed by atoms with Gasteiger partial charge in [0.15, 0.2) is 5.65 Å². The lowest BCUT2D eigenvalue weighted by Gasteiger charge is -2.21. The van der Waals surface area contributed by atoms with Gasteiger partial charge in [0.1, 0.15) is 18.3 Å². The standard InChI is InChI=1S/C21H25N5O2/c1-15-7-5-6-10-18(15)26-20-17(12-24-26)21(28)25(14-23-20)13-19(27)22-11-16-8-3-2-4-9-16/h5-7,10,12,14,16H,2-4,8-9,11,13H2,1H3,(H,22,27). The van der Waals surface area contributed by atoms with E-state index in [0.717, 1.165) is 11.3 Å². The molecule has 0 atom stereocenters. The molecule has 0 radical (unpaired) electrons. The van der Waals surface area contributed by atoms with Gasteiger partial charge in [-0.1, -0.05) is 37.5 Å². The summed E-state index contributed by atoms with van der Waals surface area (Å²) in [5, 5.41) is 7.72. The molecule has 0 saturated heterocycles. The molecule has 0 spiro atoms. The van der Waals surface area contributed by atoms with Crippen molar-refractivity contribution in [1.29, 1.82) is 0 Å². The van der Waals surface area contributed by atoms with Crippen molar-refractivity contribution < 1.29 is 4.79 Å². The molecule has 1 aliphatic carbocycles. The maximum Gasteiger partial charge on any atom is 0.264 e. The van der Waals surface area contributed by atoms with E-state index >= 15 is 0 Å². The Kier molecular flexibility index (Phi) is 5.23. The molecule has 146 valence electrons. The molecule has 1 amide bonds. The highest BCUT2D eigenvalue weighted by atomic mass is 16.2. The van der Waals surface area contributed by atoms with Crippen LogP contribution in [0.15, 0.2) is 41.6 Å². The number of hydrogen-bond acceptors (Lipinski definition) is 4. The molecule has 1 aromatic carbocycles. The molecule has 1 saturated carbocycles. The highest BCUT2D eigenvalue weighted by Crippen LogP contribution is 2.22. The van der Waals surface area contributed by atoms with Gasteiger partial charge in [-0.25, -0.2) is 9.67 Å². The number of aromatic nitrogens is 4. The number of carbonyl (C=O) groups excluding carboxylic acids is 1. The Labute approximate surface area is 163 Å². The summed E-state index contributed by atoms with van der Waals surface area (Å²) in [6.45, 7) is 2.65. The third kappa shape index (κ3) is 3.69. The Balaban J connectivity index is 1.51. The lowest BCUT2D eigenvalue weighted by atomic mass is 9.89. The number of hydrogen-bond donors (Lipinski definition) is 1. The first-order chi connectivity index (χ1) is 13.6. The quantitative estimate of drug-likeness (QED) is 0.739. The average molecular weight is 379 g/mol. The summed E-state index contributed by atoms with van der Waals surface area (Å²) in [4.78, 5) is 29.5. The van der Waals surface area contributed by atoms with Crippen LogP contribution in [0.3, 0.4) is 0 Å². The third-order valence-electron chi connectivity index (χ3n) is 5.52. The van der Waals surface area contributed by atoms with Crippen LogP contribution in [0.2, 0.25) is 0 Å². The van der Waals surface area contributed by atoms with E-state index in [1.54, 1.807) is 4.68 Å². The van der Waals surface area contributed by atoms with Crippen molar-refractivity contribution in [2.24, 2.45) is 5.92 Å². The second-order valence-corrected chi connectivity index (χ2v) is 7.57. The molecular formula is C21H25N5O2. The SMILES string of the molecule is Cc1ccccc1-n1ncc2c(=O)n(CC(=O)NCC3CCCCC3)cnc21. The van der Waals surface area contributed by atoms with E-state index in [-0.39, 0.29) is 18.0 Å². The van der Waals surface area contributed by atoms with Gasteiger partial charge in [0.05, 0.1) is 11.9 Å². The summed E-state index contributed by atoms with van der Waals surface area (Å²) in [7, 11) is 0. The van der Waals surface area contributed by atoms with E-state index in [1.165, 1.54) is 49.2 Å². The fourth-order valence-corrected chi connectivity index (χ4v) is 3.90. The van der Waals surface area contributed by atoms with Crippen molar-refractivity contribution in [2.75, 3.05) is 6.54 Å². The molecule has 0 bridgehead atoms. The second-order valence-electron chi connectivity index (χ2n) is 7.57. The summed E-state index contributed by atoms with van der Waals surface area (Å²) < 4.78 is 3.02. The first-order valence-electron chi connectivity index (χ1n) is 9.89. The zero-order valence-corrected chi connectivity index (χ0v) is 16.1. The molecule has 0 aliphatic heterocycles. The molecule has 3 aromatic rings. The molecule has 1 aliphatic rings. The molecule has 2 heterocycles. The van der Waals surface area contributed by atoms with Crippen LogP contribution in [0.4, 0.5) is 0 Å². The third-order valence-corrected chi connectivity index (χ3v) is 5.52. The van der Waals surface area contributed by atoms with Gasteiger partial charge in [-0.15, -0.1) is 0 Å². The molecular weight excluding hydrogens is 354 g/mol. The summed E-state index contributed by atoms with van der Waals surface area (Å²) in [5.41, 5.74) is 2.17. The Morgan fingerprint density at radius 1 is 1.21 bits per heavy atom. The summed E-state index contributed by atoms with van der Waals surface area (Å²) in [6, 6.07) is 7.80. The highest BCUT2D eigenvalue weighted by Gasteiger charge is 2.16. The van der Waals surface area contributed by atoms with Gasteiger partial charge in [0.2, 0.25) is 5.91 Å². The van der Waals surface area contributed by atoms with Crippen LogP contribution in [0.5, 0.6) is 0 Å². The van der Waals surface area contributed by atoms with Gasteiger partial charge in [0, 0.05) is 6.54 Å². The number of nitrogens with zero attached hydrogens (tertiary/aromatic N) is 4. The van der Waals surface area contributed by atoms with Crippen LogP contribution < -0.4 is 10.9 Å². The minimum absolute atomic E-state index is 0.0238. The molecule has 4 rings (SSSR count). The monoisotopic (exact) mass is 379 g/mol. The number of carbonyl (C=O) groups is 1. The first-order valence-corrected chi connectivity index (χ1v) is 9.89. The number of fused-ring (bicyclic) bond motifs is 1. The smallest absolute Gasteiger partial charge is 0.264 e. The van der Waals surface area contributed by atoms with E-state index < -0.39 is 0 Å². The Morgan fingerprint density at radius 2 is 2.00 bits per heavy atom. The van der Waals surface area contributed by atoms with Crippen LogP contribution >= 0.6 is 0 Å². The predicted molar refractivity (Wildman–Crippen MR) is 107 cm³/mol. The van der Waals surface area contributed by atoms with E-state index in [9.17, 15) is 9.59 Å². The summed E-state index contributed by atoms with van der Waals surface area (Å²) in [6.07, 6.45) is 9.07. The van der Waals surface area contributed by atoms with Crippen molar-refractivity contribution in [2.45, 2.75) is 45.6 Å². The van der Waals surface area contributed by atoms with Crippen LogP contribution in [-0.2, 0) is 11.3 Å². The van der Waals surface area contributed by atoms with Crippen molar-refractivity contribution in [3.8, 4) is 5.69 Å². The Hall–Kier alpha value is -2.96. The topological polar surface area (TPSA) is 81.8 Å². The van der Waals surface area contributed by atoms with Gasteiger partial charge in [0.25, 0.3) is 5.56 Å². The van der Waals surface area contributed by atoms with Gasteiger partial charge in [-0.3, -0.25) is 14.2 Å². The zero-order chi connectivity index (χ0) is 19.5. The maximum absolute atomic E-state index is 12.8. The largest absolute Gasteiger partial charge is 0.354 e. The Morgan fingerprint density at radius 3 is 2.79 bits per heavy atom. The zero-order valence-electron chi connectivity index (χ0n) is 16.1. The second kappa shape index (κ2) is 7.96. The average Bonchev–Trinajstić information content (AvgIpc) is 3.14. The van der Waals surface area contributed by atoms with Crippen molar-refractivity contribution >= 4 is 16.9 Å². The molecule has 1 fully saturated rings. The lowest BCUT2D eigenvalue weighted by Crippen LogP contribution is -2.35. The fraction of sp³-hybridized carbons (Fsp3) is 0.429. The van der Waals surface area contributed by atoms with Crippen LogP contribution in [0.25, 0.3) is 16.7 Å². The molecule has 7 nitrogen and oxygen atoms in total. The van der Waals surface area contributed by atoms with E-state index in [0.29, 0.717) is 23.5 Å². The first kappa shape index (κ1) is 18.4. The predicted octanol–water partition coefficient (Wildman–Crippen LogP) is 2.59. The van der Waals surface area contributed by atoms with Gasteiger partial charge >= 0.3 is 0 Å². The molecule has 28 heavy (non-hydrogen) atoms. The summed E-state index contributed by atoms with van der Waals surface area (Å²) in [5.74, 6) is 0.405. The number of para-hydroxylation sites is 1. The van der Waals surface area contributed by atoms with Crippen molar-refractivity contribution in [1.82, 2.24) is 24.6 Å². The highest BCUT2D eigenvalue weighted by molar-refractivity contribution is 5.78. The minimum Gasteiger partial charge on any atom is -0.354 e. The van der Waals surface area contributed by atoms with Gasteiger partial charge in [-0.05, 0) is 37.3 Å². The van der Waals surface area contributed by atoms with E-state index in [1.807, 2.05) is 31.2 Å². The number of rotatable bonds is 5. The Bertz CT molecular complexity index is 1050. The summed E-state index contributed by atoms with van der Waals surface area (Å²) >= 11 is 0.